The summed E-state index contributed by atoms with van der Waals surface area (Å²) in [5.41, 5.74) is 2.85. The molecule has 2 N–H and O–H groups in total. The topological polar surface area (TPSA) is 83.8 Å². The molecule has 0 saturated heterocycles. The van der Waals surface area contributed by atoms with Crippen molar-refractivity contribution in [3.05, 3.63) is 64.1 Å². The van der Waals surface area contributed by atoms with Gasteiger partial charge in [-0.25, -0.2) is 4.98 Å². The number of rotatable bonds is 4. The maximum absolute atomic E-state index is 12.9. The Labute approximate surface area is 170 Å². The molecular formula is C21H19BrN4O2. The number of nitrogens with one attached hydrogen (secondary N) is 2. The number of hydrogen-bond acceptors (Lipinski definition) is 4. The summed E-state index contributed by atoms with van der Waals surface area (Å²) in [5, 5.41) is 11.1. The Kier molecular flexibility index (Phi) is 4.77. The van der Waals surface area contributed by atoms with Crippen molar-refractivity contribution in [1.29, 1.82) is 0 Å². The van der Waals surface area contributed by atoms with Crippen LogP contribution in [0, 0.1) is 6.92 Å². The molecule has 0 radical (unpaired) electrons. The number of benzene rings is 2. The Morgan fingerprint density at radius 3 is 2.75 bits per heavy atom. The molecule has 142 valence electrons. The maximum atomic E-state index is 12.9. The van der Waals surface area contributed by atoms with Crippen molar-refractivity contribution >= 4 is 38.5 Å². The number of carbonyl (C=O) groups is 1. The number of anilines is 1. The van der Waals surface area contributed by atoms with Crippen LogP contribution in [0.4, 0.5) is 5.69 Å². The highest BCUT2D eigenvalue weighted by Crippen LogP contribution is 2.30. The Morgan fingerprint density at radius 2 is 2.00 bits per heavy atom. The third-order valence-electron chi connectivity index (χ3n) is 4.57. The number of H-pyrrole nitrogens is 1. The van der Waals surface area contributed by atoms with Crippen LogP contribution in [0.1, 0.15) is 41.7 Å². The molecule has 2 aromatic carbocycles. The first-order valence-electron chi connectivity index (χ1n) is 8.95. The largest absolute Gasteiger partial charge is 0.451 e. The first-order valence-corrected chi connectivity index (χ1v) is 9.75. The molecule has 2 aromatic heterocycles. The summed E-state index contributed by atoms with van der Waals surface area (Å²) in [4.78, 5) is 17.5. The molecule has 4 aromatic rings. The maximum Gasteiger partial charge on any atom is 0.291 e. The summed E-state index contributed by atoms with van der Waals surface area (Å²) >= 11 is 3.46. The normalized spacial score (nSPS) is 11.3. The molecule has 28 heavy (non-hydrogen) atoms. The van der Waals surface area contributed by atoms with Gasteiger partial charge < -0.3 is 9.73 Å². The van der Waals surface area contributed by atoms with Gasteiger partial charge in [-0.3, -0.25) is 9.89 Å². The van der Waals surface area contributed by atoms with Crippen LogP contribution >= 0.6 is 15.9 Å². The zero-order valence-electron chi connectivity index (χ0n) is 15.7. The third kappa shape index (κ3) is 3.33. The molecule has 0 atom stereocenters. The number of furan rings is 1. The minimum Gasteiger partial charge on any atom is -0.451 e. The van der Waals surface area contributed by atoms with E-state index in [1.807, 2.05) is 63.2 Å². The van der Waals surface area contributed by atoms with Crippen molar-refractivity contribution in [2.75, 3.05) is 5.32 Å². The number of nitrogens with zero attached hydrogens (tertiary/aromatic N) is 2. The second kappa shape index (κ2) is 7.24. The van der Waals surface area contributed by atoms with Crippen molar-refractivity contribution in [3.8, 4) is 11.4 Å². The van der Waals surface area contributed by atoms with Gasteiger partial charge in [0, 0.05) is 26.9 Å². The summed E-state index contributed by atoms with van der Waals surface area (Å²) in [5.74, 6) is 1.57. The number of amides is 1. The van der Waals surface area contributed by atoms with Gasteiger partial charge >= 0.3 is 0 Å². The first kappa shape index (κ1) is 18.4. The number of carbonyl (C=O) groups excluding carboxylic acids is 1. The first-order chi connectivity index (χ1) is 13.4. The van der Waals surface area contributed by atoms with E-state index in [9.17, 15) is 4.79 Å². The molecule has 6 nitrogen and oxygen atoms in total. The fourth-order valence-electron chi connectivity index (χ4n) is 3.03. The molecule has 0 unspecified atom stereocenters. The summed E-state index contributed by atoms with van der Waals surface area (Å²) < 4.78 is 6.74. The van der Waals surface area contributed by atoms with Crippen LogP contribution in [0.2, 0.25) is 0 Å². The van der Waals surface area contributed by atoms with Crippen molar-refractivity contribution in [2.45, 2.75) is 26.7 Å². The van der Waals surface area contributed by atoms with Crippen molar-refractivity contribution in [3.63, 3.8) is 0 Å². The molecule has 0 bridgehead atoms. The van der Waals surface area contributed by atoms with E-state index in [0.717, 1.165) is 26.8 Å². The fourth-order valence-corrected chi connectivity index (χ4v) is 3.39. The molecule has 0 spiro atoms. The van der Waals surface area contributed by atoms with E-state index in [2.05, 4.69) is 36.4 Å². The number of hydrogen-bond donors (Lipinski definition) is 2. The van der Waals surface area contributed by atoms with E-state index in [4.69, 9.17) is 4.42 Å². The van der Waals surface area contributed by atoms with Crippen LogP contribution in [0.25, 0.3) is 22.4 Å². The minimum atomic E-state index is -0.308. The van der Waals surface area contributed by atoms with Gasteiger partial charge in [-0.15, -0.1) is 0 Å². The average Bonchev–Trinajstić information content (AvgIpc) is 3.28. The van der Waals surface area contributed by atoms with Crippen molar-refractivity contribution < 1.29 is 9.21 Å². The van der Waals surface area contributed by atoms with Gasteiger partial charge in [0.1, 0.15) is 11.4 Å². The smallest absolute Gasteiger partial charge is 0.291 e. The number of fused-ring (bicyclic) bond motifs is 1. The lowest BCUT2D eigenvalue weighted by atomic mass is 10.1. The SMILES string of the molecule is Cc1c(C(=O)Nc2ccccc2-c2n[nH]c(C(C)C)n2)oc2ccc(Br)cc12. The molecule has 0 aliphatic carbocycles. The van der Waals surface area contributed by atoms with Gasteiger partial charge in [0.05, 0.1) is 5.69 Å². The van der Waals surface area contributed by atoms with Gasteiger partial charge in [-0.2, -0.15) is 5.10 Å². The number of aromatic nitrogens is 3. The number of halogens is 1. The molecule has 7 heteroatoms. The second-order valence-corrected chi connectivity index (χ2v) is 7.81. The van der Waals surface area contributed by atoms with Gasteiger partial charge in [0.15, 0.2) is 11.6 Å². The molecular weight excluding hydrogens is 420 g/mol. The standard InChI is InChI=1S/C21H19BrN4O2/c1-11(2)19-24-20(26-25-19)14-6-4-5-7-16(14)23-21(27)18-12(3)15-10-13(22)8-9-17(15)28-18/h4-11H,1-3H3,(H,23,27)(H,24,25,26). The summed E-state index contributed by atoms with van der Waals surface area (Å²) in [6.45, 7) is 5.96. The molecule has 2 heterocycles. The van der Waals surface area contributed by atoms with Gasteiger partial charge in [0.2, 0.25) is 0 Å². The van der Waals surface area contributed by atoms with E-state index in [0.29, 0.717) is 22.9 Å². The van der Waals surface area contributed by atoms with Crippen LogP contribution < -0.4 is 5.32 Å². The quantitative estimate of drug-likeness (QED) is 0.430. The average molecular weight is 439 g/mol. The Balaban J connectivity index is 1.68. The van der Waals surface area contributed by atoms with Crippen LogP contribution in [-0.4, -0.2) is 21.1 Å². The van der Waals surface area contributed by atoms with Crippen LogP contribution in [0.15, 0.2) is 51.4 Å². The Hall–Kier alpha value is -2.93. The number of aromatic amines is 1. The highest BCUT2D eigenvalue weighted by atomic mass is 79.9. The predicted octanol–water partition coefficient (Wildman–Crippen LogP) is 5.66. The molecule has 0 fully saturated rings. The highest BCUT2D eigenvalue weighted by molar-refractivity contribution is 9.10. The van der Waals surface area contributed by atoms with Gasteiger partial charge in [-0.1, -0.05) is 41.9 Å². The van der Waals surface area contributed by atoms with Crippen LogP contribution in [0.3, 0.4) is 0 Å². The molecule has 1 amide bonds. The van der Waals surface area contributed by atoms with Crippen LogP contribution in [0.5, 0.6) is 0 Å². The zero-order chi connectivity index (χ0) is 19.8. The molecule has 0 aliphatic heterocycles. The number of para-hydroxylation sites is 1. The molecule has 0 aliphatic rings. The Morgan fingerprint density at radius 1 is 1.21 bits per heavy atom. The fraction of sp³-hybridized carbons (Fsp3) is 0.190. The lowest BCUT2D eigenvalue weighted by Crippen LogP contribution is -2.13. The molecule has 0 saturated carbocycles. The van der Waals surface area contributed by atoms with Crippen molar-refractivity contribution in [2.24, 2.45) is 0 Å². The lowest BCUT2D eigenvalue weighted by molar-refractivity contribution is 0.0998. The van der Waals surface area contributed by atoms with Gasteiger partial charge in [0.25, 0.3) is 5.91 Å². The Bertz CT molecular complexity index is 1180. The monoisotopic (exact) mass is 438 g/mol. The van der Waals surface area contributed by atoms with E-state index in [-0.39, 0.29) is 11.8 Å². The minimum absolute atomic E-state index is 0.237. The third-order valence-corrected chi connectivity index (χ3v) is 5.06. The van der Waals surface area contributed by atoms with E-state index in [1.54, 1.807) is 0 Å². The van der Waals surface area contributed by atoms with Crippen LogP contribution in [-0.2, 0) is 0 Å². The van der Waals surface area contributed by atoms with E-state index < -0.39 is 0 Å². The zero-order valence-corrected chi connectivity index (χ0v) is 17.3. The lowest BCUT2D eigenvalue weighted by Gasteiger charge is -2.08. The molecule has 4 rings (SSSR count). The van der Waals surface area contributed by atoms with Crippen molar-refractivity contribution in [1.82, 2.24) is 15.2 Å². The predicted molar refractivity (Wildman–Crippen MR) is 113 cm³/mol. The second-order valence-electron chi connectivity index (χ2n) is 6.90. The summed E-state index contributed by atoms with van der Waals surface area (Å²) in [6, 6.07) is 13.1. The summed E-state index contributed by atoms with van der Waals surface area (Å²) in [6.07, 6.45) is 0. The number of aryl methyl sites for hydroxylation is 1. The highest BCUT2D eigenvalue weighted by Gasteiger charge is 2.20. The van der Waals surface area contributed by atoms with E-state index >= 15 is 0 Å². The van der Waals surface area contributed by atoms with E-state index in [1.165, 1.54) is 0 Å². The summed E-state index contributed by atoms with van der Waals surface area (Å²) in [7, 11) is 0. The van der Waals surface area contributed by atoms with Gasteiger partial charge in [-0.05, 0) is 37.3 Å².